The van der Waals surface area contributed by atoms with E-state index in [0.29, 0.717) is 18.0 Å². The lowest BCUT2D eigenvalue weighted by molar-refractivity contribution is -0.383. The van der Waals surface area contributed by atoms with Crippen LogP contribution in [-0.2, 0) is 11.3 Å². The van der Waals surface area contributed by atoms with Crippen LogP contribution in [0.5, 0.6) is 0 Å². The van der Waals surface area contributed by atoms with Gasteiger partial charge in [0, 0.05) is 54.7 Å². The summed E-state index contributed by atoms with van der Waals surface area (Å²) in [7, 11) is 0. The highest BCUT2D eigenvalue weighted by molar-refractivity contribution is 6.00. The topological polar surface area (TPSA) is 88.4 Å². The number of rotatable bonds is 6. The van der Waals surface area contributed by atoms with Crippen LogP contribution in [0.2, 0.25) is 0 Å². The van der Waals surface area contributed by atoms with E-state index in [1.807, 2.05) is 29.2 Å². The van der Waals surface area contributed by atoms with Gasteiger partial charge < -0.3 is 10.2 Å². The minimum Gasteiger partial charge on any atom is -0.355 e. The Labute approximate surface area is 162 Å². The van der Waals surface area contributed by atoms with Gasteiger partial charge in [0.2, 0.25) is 5.91 Å². The van der Waals surface area contributed by atoms with Crippen molar-refractivity contribution >= 4 is 33.7 Å². The van der Waals surface area contributed by atoms with Gasteiger partial charge in [0.05, 0.1) is 10.3 Å². The molecule has 0 spiro atoms. The van der Waals surface area contributed by atoms with Crippen molar-refractivity contribution < 1.29 is 9.72 Å². The number of fused-ring (bicyclic) bond motifs is 1. The molecule has 3 aromatic rings. The number of non-ortho nitro benzene ring substituents is 1. The van der Waals surface area contributed by atoms with Gasteiger partial charge in [-0.15, -0.1) is 0 Å². The summed E-state index contributed by atoms with van der Waals surface area (Å²) >= 11 is 0. The minimum absolute atomic E-state index is 0.0356. The molecule has 1 aromatic heterocycles. The first-order chi connectivity index (χ1) is 13.5. The molecular formula is C21H20N4O3. The predicted molar refractivity (Wildman–Crippen MR) is 107 cm³/mol. The van der Waals surface area contributed by atoms with Gasteiger partial charge in [-0.25, -0.2) is 0 Å². The lowest BCUT2D eigenvalue weighted by Crippen LogP contribution is -2.30. The van der Waals surface area contributed by atoms with Crippen molar-refractivity contribution in [1.82, 2.24) is 9.88 Å². The molecule has 2 aromatic carbocycles. The first-order valence-electron chi connectivity index (χ1n) is 9.17. The van der Waals surface area contributed by atoms with Crippen LogP contribution in [0.4, 0.5) is 17.1 Å². The maximum Gasteiger partial charge on any atom is 0.278 e. The van der Waals surface area contributed by atoms with Crippen LogP contribution in [-0.4, -0.2) is 26.8 Å². The zero-order valence-electron chi connectivity index (χ0n) is 15.5. The van der Waals surface area contributed by atoms with Crippen molar-refractivity contribution in [3.8, 4) is 0 Å². The quantitative estimate of drug-likeness (QED) is 0.509. The summed E-state index contributed by atoms with van der Waals surface area (Å²) in [5, 5.41) is 15.8. The monoisotopic (exact) mass is 376 g/mol. The number of benzene rings is 2. The third-order valence-electron chi connectivity index (χ3n) is 4.97. The van der Waals surface area contributed by atoms with Gasteiger partial charge in [0.1, 0.15) is 0 Å². The normalized spacial score (nSPS) is 13.3. The highest BCUT2D eigenvalue weighted by Crippen LogP contribution is 2.33. The lowest BCUT2D eigenvalue weighted by Gasteiger charge is -2.20. The van der Waals surface area contributed by atoms with Crippen LogP contribution in [0.1, 0.15) is 25.3 Å². The predicted octanol–water partition coefficient (Wildman–Crippen LogP) is 4.40. The number of nitro benzene ring substituents is 1. The Kier molecular flexibility index (Phi) is 4.65. The first kappa shape index (κ1) is 17.9. The Balaban J connectivity index is 1.56. The van der Waals surface area contributed by atoms with Gasteiger partial charge in [-0.05, 0) is 42.7 Å². The fourth-order valence-electron chi connectivity index (χ4n) is 3.37. The Morgan fingerprint density at radius 2 is 1.93 bits per heavy atom. The molecule has 142 valence electrons. The average molecular weight is 376 g/mol. The summed E-state index contributed by atoms with van der Waals surface area (Å²) in [6.45, 7) is 2.23. The number of pyridine rings is 1. The van der Waals surface area contributed by atoms with Crippen LogP contribution < -0.4 is 5.32 Å². The van der Waals surface area contributed by atoms with Gasteiger partial charge in [-0.1, -0.05) is 12.1 Å². The standard InChI is InChI=1S/C21H20N4O3/c1-14(26)24(17-6-7-17)13-15-2-4-16(5-3-15)23-20-8-9-21(25(27)28)19-12-22-11-10-18(19)20/h2-5,8-12,17,23H,6-7,13H2,1H3. The van der Waals surface area contributed by atoms with Gasteiger partial charge >= 0.3 is 0 Å². The average Bonchev–Trinajstić information content (AvgIpc) is 3.52. The molecule has 0 bridgehead atoms. The molecule has 0 unspecified atom stereocenters. The number of hydrogen-bond donors (Lipinski definition) is 1. The SMILES string of the molecule is CC(=O)N(Cc1ccc(Nc2ccc([N+](=O)[O-])c3cnccc23)cc1)C1CC1. The van der Waals surface area contributed by atoms with Crippen LogP contribution in [0.15, 0.2) is 54.9 Å². The van der Waals surface area contributed by atoms with Crippen LogP contribution >= 0.6 is 0 Å². The van der Waals surface area contributed by atoms with Gasteiger partial charge in [0.15, 0.2) is 0 Å². The van der Waals surface area contributed by atoms with Gasteiger partial charge in [-0.3, -0.25) is 19.9 Å². The minimum atomic E-state index is -0.400. The number of nitrogens with zero attached hydrogens (tertiary/aromatic N) is 3. The van der Waals surface area contributed by atoms with Gasteiger partial charge in [0.25, 0.3) is 5.69 Å². The molecule has 1 aliphatic carbocycles. The Bertz CT molecular complexity index is 1050. The van der Waals surface area contributed by atoms with E-state index in [2.05, 4.69) is 10.3 Å². The van der Waals surface area contributed by atoms with Gasteiger partial charge in [-0.2, -0.15) is 0 Å². The Morgan fingerprint density at radius 1 is 1.18 bits per heavy atom. The molecule has 1 saturated carbocycles. The first-order valence-corrected chi connectivity index (χ1v) is 9.17. The maximum absolute atomic E-state index is 11.8. The summed E-state index contributed by atoms with van der Waals surface area (Å²) < 4.78 is 0. The summed E-state index contributed by atoms with van der Waals surface area (Å²) in [4.78, 5) is 28.6. The van der Waals surface area contributed by atoms with E-state index < -0.39 is 4.92 Å². The molecule has 1 aliphatic rings. The van der Waals surface area contributed by atoms with Crippen molar-refractivity contribution in [3.05, 3.63) is 70.5 Å². The second kappa shape index (κ2) is 7.26. The van der Waals surface area contributed by atoms with Crippen molar-refractivity contribution in [2.45, 2.75) is 32.4 Å². The summed E-state index contributed by atoms with van der Waals surface area (Å²) in [5.74, 6) is 0.107. The number of amides is 1. The number of anilines is 2. The van der Waals surface area contributed by atoms with Crippen LogP contribution in [0.3, 0.4) is 0 Å². The fraction of sp³-hybridized carbons (Fsp3) is 0.238. The number of aromatic nitrogens is 1. The van der Waals surface area contributed by atoms with Crippen molar-refractivity contribution in [1.29, 1.82) is 0 Å². The number of carbonyl (C=O) groups excluding carboxylic acids is 1. The number of hydrogen-bond acceptors (Lipinski definition) is 5. The third-order valence-corrected chi connectivity index (χ3v) is 4.97. The number of carbonyl (C=O) groups is 1. The van der Waals surface area contributed by atoms with E-state index in [4.69, 9.17) is 0 Å². The molecule has 0 atom stereocenters. The molecule has 1 heterocycles. The molecular weight excluding hydrogens is 356 g/mol. The molecule has 7 heteroatoms. The van der Waals surface area contributed by atoms with E-state index in [0.717, 1.165) is 35.2 Å². The molecule has 7 nitrogen and oxygen atoms in total. The molecule has 28 heavy (non-hydrogen) atoms. The van der Waals surface area contributed by atoms with Crippen LogP contribution in [0, 0.1) is 10.1 Å². The zero-order chi connectivity index (χ0) is 19.7. The van der Waals surface area contributed by atoms with E-state index in [1.54, 1.807) is 25.3 Å². The lowest BCUT2D eigenvalue weighted by atomic mass is 10.1. The van der Waals surface area contributed by atoms with E-state index in [1.165, 1.54) is 12.3 Å². The van der Waals surface area contributed by atoms with Crippen molar-refractivity contribution in [3.63, 3.8) is 0 Å². The van der Waals surface area contributed by atoms with Crippen molar-refractivity contribution in [2.24, 2.45) is 0 Å². The summed E-state index contributed by atoms with van der Waals surface area (Å²) in [5.41, 5.74) is 2.76. The van der Waals surface area contributed by atoms with E-state index >= 15 is 0 Å². The fourth-order valence-corrected chi connectivity index (χ4v) is 3.37. The van der Waals surface area contributed by atoms with Crippen LogP contribution in [0.25, 0.3) is 10.8 Å². The van der Waals surface area contributed by atoms with E-state index in [-0.39, 0.29) is 11.6 Å². The molecule has 0 aliphatic heterocycles. The highest BCUT2D eigenvalue weighted by atomic mass is 16.6. The molecule has 0 saturated heterocycles. The Hall–Kier alpha value is -3.48. The maximum atomic E-state index is 11.8. The molecule has 4 rings (SSSR count). The zero-order valence-corrected chi connectivity index (χ0v) is 15.5. The smallest absolute Gasteiger partial charge is 0.278 e. The Morgan fingerprint density at radius 3 is 2.57 bits per heavy atom. The molecule has 1 N–H and O–H groups in total. The molecule has 0 radical (unpaired) electrons. The summed E-state index contributed by atoms with van der Waals surface area (Å²) in [6.07, 6.45) is 5.30. The van der Waals surface area contributed by atoms with Crippen molar-refractivity contribution in [2.75, 3.05) is 5.32 Å². The summed E-state index contributed by atoms with van der Waals surface area (Å²) in [6, 6.07) is 13.2. The number of nitrogens with one attached hydrogen (secondary N) is 1. The third kappa shape index (κ3) is 3.64. The molecule has 1 fully saturated rings. The highest BCUT2D eigenvalue weighted by Gasteiger charge is 2.30. The second-order valence-corrected chi connectivity index (χ2v) is 7.01. The number of nitro groups is 1. The largest absolute Gasteiger partial charge is 0.355 e. The second-order valence-electron chi connectivity index (χ2n) is 7.01. The molecule has 1 amide bonds. The van der Waals surface area contributed by atoms with E-state index in [9.17, 15) is 14.9 Å².